The summed E-state index contributed by atoms with van der Waals surface area (Å²) in [6.07, 6.45) is 1.48. The normalized spacial score (nSPS) is 13.0. The lowest BCUT2D eigenvalue weighted by molar-refractivity contribution is 0.0671. The van der Waals surface area contributed by atoms with Gasteiger partial charge in [-0.3, -0.25) is 14.5 Å². The first-order valence-corrected chi connectivity index (χ1v) is 8.18. The molecule has 1 aliphatic heterocycles. The number of imide groups is 1. The number of fused-ring (bicyclic) bond motifs is 1. The zero-order valence-electron chi connectivity index (χ0n) is 12.5. The molecule has 0 aromatic heterocycles. The Morgan fingerprint density at radius 2 is 1.75 bits per heavy atom. The standard InChI is InChI=1S/C18H12INO4/c1-2-9-20-16(21)14-8-3-11(10-15(14)17(20)22)18(23)24-13-6-4-12(19)5-7-13/h2-8,10H,1,9H2. The number of carbonyl (C=O) groups is 3. The number of carbonyl (C=O) groups excluding carboxylic acids is 3. The Bertz CT molecular complexity index is 858. The fourth-order valence-corrected chi connectivity index (χ4v) is 2.74. The van der Waals surface area contributed by atoms with Crippen LogP contribution in [0.5, 0.6) is 5.75 Å². The van der Waals surface area contributed by atoms with Gasteiger partial charge in [0.25, 0.3) is 11.8 Å². The summed E-state index contributed by atoms with van der Waals surface area (Å²) in [4.78, 5) is 37.7. The van der Waals surface area contributed by atoms with E-state index < -0.39 is 11.9 Å². The third-order valence-electron chi connectivity index (χ3n) is 3.54. The van der Waals surface area contributed by atoms with E-state index in [2.05, 4.69) is 29.2 Å². The SMILES string of the molecule is C=CCN1C(=O)c2ccc(C(=O)Oc3ccc(I)cc3)cc2C1=O. The number of ether oxygens (including phenoxy) is 1. The highest BCUT2D eigenvalue weighted by Crippen LogP contribution is 2.24. The second kappa shape index (κ2) is 6.56. The molecule has 0 aliphatic carbocycles. The minimum atomic E-state index is -0.582. The van der Waals surface area contributed by atoms with Gasteiger partial charge in [0.15, 0.2) is 0 Å². The third kappa shape index (κ3) is 2.96. The lowest BCUT2D eigenvalue weighted by atomic mass is 10.1. The minimum absolute atomic E-state index is 0.134. The van der Waals surface area contributed by atoms with Gasteiger partial charge >= 0.3 is 5.97 Å². The maximum Gasteiger partial charge on any atom is 0.343 e. The van der Waals surface area contributed by atoms with Crippen LogP contribution in [-0.4, -0.2) is 29.2 Å². The largest absolute Gasteiger partial charge is 0.423 e. The Morgan fingerprint density at radius 3 is 2.42 bits per heavy atom. The molecular weight excluding hydrogens is 421 g/mol. The van der Waals surface area contributed by atoms with Gasteiger partial charge in [-0.1, -0.05) is 6.08 Å². The van der Waals surface area contributed by atoms with Crippen molar-refractivity contribution in [3.8, 4) is 5.75 Å². The summed E-state index contributed by atoms with van der Waals surface area (Å²) in [6.45, 7) is 3.67. The number of hydrogen-bond acceptors (Lipinski definition) is 4. The summed E-state index contributed by atoms with van der Waals surface area (Å²) in [5.41, 5.74) is 0.709. The van der Waals surface area contributed by atoms with Crippen molar-refractivity contribution < 1.29 is 19.1 Å². The smallest absolute Gasteiger partial charge is 0.343 e. The molecule has 3 rings (SSSR count). The molecular formula is C18H12INO4. The Balaban J connectivity index is 1.86. The summed E-state index contributed by atoms with van der Waals surface area (Å²) < 4.78 is 6.31. The van der Waals surface area contributed by atoms with Crippen LogP contribution in [0.1, 0.15) is 31.1 Å². The molecule has 0 saturated carbocycles. The maximum absolute atomic E-state index is 12.3. The molecule has 1 heterocycles. The Morgan fingerprint density at radius 1 is 1.08 bits per heavy atom. The second-order valence-corrected chi connectivity index (χ2v) is 6.36. The van der Waals surface area contributed by atoms with Gasteiger partial charge < -0.3 is 4.74 Å². The lowest BCUT2D eigenvalue weighted by Gasteiger charge is -2.09. The van der Waals surface area contributed by atoms with Crippen LogP contribution in [0, 0.1) is 3.57 Å². The van der Waals surface area contributed by atoms with E-state index in [0.717, 1.165) is 8.47 Å². The van der Waals surface area contributed by atoms with E-state index in [0.29, 0.717) is 5.75 Å². The number of benzene rings is 2. The molecule has 0 unspecified atom stereocenters. The van der Waals surface area contributed by atoms with E-state index in [1.807, 2.05) is 12.1 Å². The molecule has 24 heavy (non-hydrogen) atoms. The van der Waals surface area contributed by atoms with Crippen LogP contribution >= 0.6 is 22.6 Å². The van der Waals surface area contributed by atoms with Crippen LogP contribution < -0.4 is 4.74 Å². The molecule has 2 amide bonds. The van der Waals surface area contributed by atoms with Crippen molar-refractivity contribution in [1.82, 2.24) is 4.90 Å². The zero-order valence-corrected chi connectivity index (χ0v) is 14.6. The van der Waals surface area contributed by atoms with Gasteiger partial charge in [-0.05, 0) is 65.1 Å². The van der Waals surface area contributed by atoms with Gasteiger partial charge in [-0.25, -0.2) is 4.79 Å². The van der Waals surface area contributed by atoms with Crippen LogP contribution in [0.25, 0.3) is 0 Å². The van der Waals surface area contributed by atoms with Gasteiger partial charge in [0.1, 0.15) is 5.75 Å². The van der Waals surface area contributed by atoms with Crippen LogP contribution in [0.3, 0.4) is 0 Å². The van der Waals surface area contributed by atoms with Crippen molar-refractivity contribution in [3.05, 3.63) is 75.4 Å². The van der Waals surface area contributed by atoms with Gasteiger partial charge in [0.2, 0.25) is 0 Å². The van der Waals surface area contributed by atoms with E-state index in [1.165, 1.54) is 24.3 Å². The number of hydrogen-bond donors (Lipinski definition) is 0. The monoisotopic (exact) mass is 433 g/mol. The second-order valence-electron chi connectivity index (χ2n) is 5.11. The molecule has 120 valence electrons. The topological polar surface area (TPSA) is 63.7 Å². The molecule has 2 aromatic rings. The Labute approximate surface area is 152 Å². The average molecular weight is 433 g/mol. The maximum atomic E-state index is 12.3. The molecule has 0 bridgehead atoms. The summed E-state index contributed by atoms with van der Waals surface area (Å²) in [7, 11) is 0. The molecule has 1 aliphatic rings. The molecule has 0 spiro atoms. The first-order chi connectivity index (χ1) is 11.5. The molecule has 2 aromatic carbocycles. The number of nitrogens with zero attached hydrogens (tertiary/aromatic N) is 1. The summed E-state index contributed by atoms with van der Waals surface area (Å²) >= 11 is 2.15. The molecule has 0 radical (unpaired) electrons. The lowest BCUT2D eigenvalue weighted by Crippen LogP contribution is -2.29. The number of rotatable bonds is 4. The molecule has 5 nitrogen and oxygen atoms in total. The van der Waals surface area contributed by atoms with Crippen molar-refractivity contribution in [2.75, 3.05) is 6.54 Å². The minimum Gasteiger partial charge on any atom is -0.423 e. The highest BCUT2D eigenvalue weighted by atomic mass is 127. The highest BCUT2D eigenvalue weighted by molar-refractivity contribution is 14.1. The number of halogens is 1. The van der Waals surface area contributed by atoms with Crippen molar-refractivity contribution >= 4 is 40.4 Å². The molecule has 6 heteroatoms. The van der Waals surface area contributed by atoms with Crippen molar-refractivity contribution in [3.63, 3.8) is 0 Å². The van der Waals surface area contributed by atoms with Crippen molar-refractivity contribution in [1.29, 1.82) is 0 Å². The van der Waals surface area contributed by atoms with Crippen molar-refractivity contribution in [2.45, 2.75) is 0 Å². The van der Waals surface area contributed by atoms with E-state index >= 15 is 0 Å². The van der Waals surface area contributed by atoms with Crippen LogP contribution in [0.4, 0.5) is 0 Å². The predicted octanol–water partition coefficient (Wildman–Crippen LogP) is 3.29. The summed E-state index contributed by atoms with van der Waals surface area (Å²) in [5, 5.41) is 0. The van der Waals surface area contributed by atoms with Gasteiger partial charge in [0, 0.05) is 10.1 Å². The predicted molar refractivity (Wildman–Crippen MR) is 96.1 cm³/mol. The Kier molecular flexibility index (Phi) is 4.48. The van der Waals surface area contributed by atoms with Gasteiger partial charge in [-0.15, -0.1) is 6.58 Å². The van der Waals surface area contributed by atoms with Gasteiger partial charge in [-0.2, -0.15) is 0 Å². The first-order valence-electron chi connectivity index (χ1n) is 7.10. The fraction of sp³-hybridized carbons (Fsp3) is 0.0556. The quantitative estimate of drug-likeness (QED) is 0.244. The molecule has 0 fully saturated rings. The van der Waals surface area contributed by atoms with Crippen LogP contribution in [0.2, 0.25) is 0 Å². The van der Waals surface area contributed by atoms with Crippen molar-refractivity contribution in [2.24, 2.45) is 0 Å². The Hall–Kier alpha value is -2.48. The van der Waals surface area contributed by atoms with E-state index in [-0.39, 0.29) is 29.1 Å². The fourth-order valence-electron chi connectivity index (χ4n) is 2.38. The summed E-state index contributed by atoms with van der Waals surface area (Å²) in [6, 6.07) is 11.4. The highest BCUT2D eigenvalue weighted by Gasteiger charge is 2.35. The first kappa shape index (κ1) is 16.4. The molecule has 0 atom stereocenters. The van der Waals surface area contributed by atoms with Crippen LogP contribution in [-0.2, 0) is 0 Å². The van der Waals surface area contributed by atoms with E-state index in [1.54, 1.807) is 12.1 Å². The average Bonchev–Trinajstić information content (AvgIpc) is 2.82. The zero-order chi connectivity index (χ0) is 17.3. The van der Waals surface area contributed by atoms with E-state index in [9.17, 15) is 14.4 Å². The van der Waals surface area contributed by atoms with Gasteiger partial charge in [0.05, 0.1) is 16.7 Å². The summed E-state index contributed by atoms with van der Waals surface area (Å²) in [5.74, 6) is -0.982. The third-order valence-corrected chi connectivity index (χ3v) is 4.26. The molecule has 0 saturated heterocycles. The number of esters is 1. The van der Waals surface area contributed by atoms with Crippen LogP contribution in [0.15, 0.2) is 55.1 Å². The van der Waals surface area contributed by atoms with E-state index in [4.69, 9.17) is 4.74 Å². The molecule has 0 N–H and O–H groups in total. The number of amides is 2.